The smallest absolute Gasteiger partial charge is 0.325 e. The molecule has 9 heteroatoms. The highest BCUT2D eigenvalue weighted by Gasteiger charge is 2.19. The summed E-state index contributed by atoms with van der Waals surface area (Å²) in [6, 6.07) is 5.50. The van der Waals surface area contributed by atoms with Gasteiger partial charge < -0.3 is 5.32 Å². The van der Waals surface area contributed by atoms with Gasteiger partial charge in [-0.3, -0.25) is 18.7 Å². The van der Waals surface area contributed by atoms with Gasteiger partial charge in [0.1, 0.15) is 11.5 Å². The number of halogens is 1. The lowest BCUT2D eigenvalue weighted by molar-refractivity contribution is -0.113. The van der Waals surface area contributed by atoms with Gasteiger partial charge in [-0.05, 0) is 42.2 Å². The summed E-state index contributed by atoms with van der Waals surface area (Å²) in [6.07, 6.45) is 2.35. The molecule has 30 heavy (non-hydrogen) atoms. The molecule has 1 aromatic carbocycles. The van der Waals surface area contributed by atoms with E-state index in [-0.39, 0.29) is 23.1 Å². The van der Waals surface area contributed by atoms with Crippen LogP contribution in [0.5, 0.6) is 0 Å². The normalized spacial score (nSPS) is 11.3. The van der Waals surface area contributed by atoms with Crippen LogP contribution < -0.4 is 16.6 Å². The molecule has 3 rings (SSSR count). The van der Waals surface area contributed by atoms with Gasteiger partial charge in [0.25, 0.3) is 5.56 Å². The van der Waals surface area contributed by atoms with Crippen molar-refractivity contribution in [3.63, 3.8) is 0 Å². The van der Waals surface area contributed by atoms with Crippen LogP contribution in [-0.4, -0.2) is 25.8 Å². The van der Waals surface area contributed by atoms with Crippen LogP contribution in [0.4, 0.5) is 10.1 Å². The Kier molecular flexibility index (Phi) is 6.40. The summed E-state index contributed by atoms with van der Waals surface area (Å²) >= 11 is 1.23. The Labute approximate surface area is 176 Å². The topological polar surface area (TPSA) is 86.0 Å². The zero-order chi connectivity index (χ0) is 22.0. The van der Waals surface area contributed by atoms with E-state index in [1.165, 1.54) is 47.6 Å². The van der Waals surface area contributed by atoms with Gasteiger partial charge in [0, 0.05) is 30.9 Å². The number of thioether (sulfide) groups is 1. The number of nitrogens with one attached hydrogen (secondary N) is 1. The third-order valence-corrected chi connectivity index (χ3v) is 5.76. The molecule has 0 aliphatic rings. The number of carbonyl (C=O) groups is 1. The second-order valence-corrected chi connectivity index (χ2v) is 8.44. The van der Waals surface area contributed by atoms with Crippen molar-refractivity contribution in [1.29, 1.82) is 0 Å². The van der Waals surface area contributed by atoms with E-state index in [4.69, 9.17) is 0 Å². The van der Waals surface area contributed by atoms with Crippen molar-refractivity contribution < 1.29 is 9.18 Å². The van der Waals surface area contributed by atoms with E-state index in [9.17, 15) is 18.8 Å². The first-order chi connectivity index (χ1) is 14.2. The van der Waals surface area contributed by atoms with Gasteiger partial charge in [-0.2, -0.15) is 0 Å². The fraction of sp³-hybridized carbons (Fsp3) is 0.333. The van der Waals surface area contributed by atoms with Crippen molar-refractivity contribution in [3.05, 3.63) is 62.7 Å². The molecule has 0 unspecified atom stereocenters. The van der Waals surface area contributed by atoms with E-state index in [1.807, 2.05) is 0 Å². The van der Waals surface area contributed by atoms with Gasteiger partial charge >= 0.3 is 5.69 Å². The minimum Gasteiger partial charge on any atom is -0.325 e. The first kappa shape index (κ1) is 21.8. The van der Waals surface area contributed by atoms with Crippen molar-refractivity contribution in [2.24, 2.45) is 20.0 Å². The molecule has 2 heterocycles. The van der Waals surface area contributed by atoms with Crippen LogP contribution in [0.3, 0.4) is 0 Å². The Morgan fingerprint density at radius 3 is 2.47 bits per heavy atom. The number of hydrogen-bond donors (Lipinski definition) is 1. The molecular formula is C21H23FN4O3S. The Morgan fingerprint density at radius 1 is 1.17 bits per heavy atom. The number of aryl methyl sites for hydroxylation is 1. The maximum Gasteiger partial charge on any atom is 0.332 e. The molecule has 0 aliphatic carbocycles. The van der Waals surface area contributed by atoms with E-state index in [2.05, 4.69) is 24.1 Å². The summed E-state index contributed by atoms with van der Waals surface area (Å²) in [5.41, 5.74) is 0.737. The summed E-state index contributed by atoms with van der Waals surface area (Å²) in [5, 5.41) is 3.04. The van der Waals surface area contributed by atoms with Gasteiger partial charge in [-0.1, -0.05) is 13.8 Å². The average Bonchev–Trinajstić information content (AvgIpc) is 2.70. The predicted octanol–water partition coefficient (Wildman–Crippen LogP) is 2.70. The van der Waals surface area contributed by atoms with Crippen LogP contribution >= 0.6 is 11.8 Å². The number of pyridine rings is 1. The fourth-order valence-electron chi connectivity index (χ4n) is 3.16. The Hall–Kier alpha value is -2.94. The van der Waals surface area contributed by atoms with Gasteiger partial charge in [-0.25, -0.2) is 14.2 Å². The van der Waals surface area contributed by atoms with E-state index in [1.54, 1.807) is 13.2 Å². The molecule has 158 valence electrons. The monoisotopic (exact) mass is 430 g/mol. The van der Waals surface area contributed by atoms with Gasteiger partial charge in [0.05, 0.1) is 11.1 Å². The Balaban J connectivity index is 1.99. The molecule has 3 aromatic rings. The van der Waals surface area contributed by atoms with Crippen molar-refractivity contribution in [2.45, 2.75) is 25.2 Å². The first-order valence-corrected chi connectivity index (χ1v) is 10.4. The van der Waals surface area contributed by atoms with Gasteiger partial charge in [-0.15, -0.1) is 11.8 Å². The summed E-state index contributed by atoms with van der Waals surface area (Å²) in [4.78, 5) is 42.6. The Morgan fingerprint density at radius 2 is 1.83 bits per heavy atom. The molecule has 7 nitrogen and oxygen atoms in total. The number of anilines is 1. The number of amides is 1. The highest BCUT2D eigenvalue weighted by Crippen LogP contribution is 2.29. The molecule has 0 fully saturated rings. The number of fused-ring (bicyclic) bond motifs is 1. The second kappa shape index (κ2) is 8.83. The van der Waals surface area contributed by atoms with Crippen molar-refractivity contribution in [3.8, 4) is 0 Å². The van der Waals surface area contributed by atoms with E-state index >= 15 is 0 Å². The lowest BCUT2D eigenvalue weighted by Gasteiger charge is -2.15. The van der Waals surface area contributed by atoms with Crippen LogP contribution in [0, 0.1) is 11.7 Å². The van der Waals surface area contributed by atoms with Crippen molar-refractivity contribution in [2.75, 3.05) is 11.1 Å². The predicted molar refractivity (Wildman–Crippen MR) is 117 cm³/mol. The minimum atomic E-state index is -0.457. The number of benzene rings is 1. The third kappa shape index (κ3) is 4.46. The molecule has 0 radical (unpaired) electrons. The molecular weight excluding hydrogens is 407 g/mol. The van der Waals surface area contributed by atoms with E-state index in [0.29, 0.717) is 28.3 Å². The standard InChI is InChI=1S/C21H23FN4O3S/c1-12(2)9-13-10-23-19-17(20(28)26(4)21(29)25(19)3)18(13)30-11-16(27)24-15-7-5-14(22)6-8-15/h5-8,10,12H,9,11H2,1-4H3,(H,24,27). The summed E-state index contributed by atoms with van der Waals surface area (Å²) in [5.74, 6) is -0.305. The van der Waals surface area contributed by atoms with Crippen LogP contribution in [0.25, 0.3) is 11.0 Å². The van der Waals surface area contributed by atoms with Gasteiger partial charge in [0.2, 0.25) is 5.91 Å². The molecule has 0 aliphatic heterocycles. The number of nitrogens with zero attached hydrogens (tertiary/aromatic N) is 3. The molecule has 0 saturated heterocycles. The van der Waals surface area contributed by atoms with Crippen LogP contribution in [0.2, 0.25) is 0 Å². The molecule has 0 bridgehead atoms. The number of aromatic nitrogens is 3. The maximum absolute atomic E-state index is 13.0. The molecule has 1 amide bonds. The highest BCUT2D eigenvalue weighted by atomic mass is 32.2. The van der Waals surface area contributed by atoms with Crippen molar-refractivity contribution >= 4 is 34.4 Å². The largest absolute Gasteiger partial charge is 0.332 e. The molecule has 2 aromatic heterocycles. The lowest BCUT2D eigenvalue weighted by Crippen LogP contribution is -2.37. The highest BCUT2D eigenvalue weighted by molar-refractivity contribution is 8.00. The fourth-order valence-corrected chi connectivity index (χ4v) is 4.15. The minimum absolute atomic E-state index is 0.0492. The van der Waals surface area contributed by atoms with E-state index < -0.39 is 11.2 Å². The zero-order valence-electron chi connectivity index (χ0n) is 17.2. The van der Waals surface area contributed by atoms with Crippen LogP contribution in [-0.2, 0) is 25.3 Å². The number of carbonyl (C=O) groups excluding carboxylic acids is 1. The summed E-state index contributed by atoms with van der Waals surface area (Å²) in [7, 11) is 2.99. The van der Waals surface area contributed by atoms with Crippen molar-refractivity contribution in [1.82, 2.24) is 14.1 Å². The van der Waals surface area contributed by atoms with E-state index in [0.717, 1.165) is 10.1 Å². The average molecular weight is 431 g/mol. The summed E-state index contributed by atoms with van der Waals surface area (Å²) in [6.45, 7) is 4.11. The molecule has 0 spiro atoms. The number of rotatable bonds is 6. The number of hydrogen-bond acceptors (Lipinski definition) is 5. The zero-order valence-corrected chi connectivity index (χ0v) is 18.0. The van der Waals surface area contributed by atoms with Gasteiger partial charge in [0.15, 0.2) is 0 Å². The maximum atomic E-state index is 13.0. The lowest BCUT2D eigenvalue weighted by atomic mass is 10.0. The van der Waals surface area contributed by atoms with Crippen LogP contribution in [0.15, 0.2) is 44.9 Å². The van der Waals surface area contributed by atoms with Crippen LogP contribution in [0.1, 0.15) is 19.4 Å². The third-order valence-electron chi connectivity index (χ3n) is 4.60. The molecule has 0 saturated carbocycles. The molecule has 0 atom stereocenters. The molecule has 1 N–H and O–H groups in total. The summed E-state index contributed by atoms with van der Waals surface area (Å²) < 4.78 is 15.4. The quantitative estimate of drug-likeness (QED) is 0.608. The SMILES string of the molecule is CC(C)Cc1cnc2c(c1SCC(=O)Nc1ccc(F)cc1)c(=O)n(C)c(=O)n2C. The second-order valence-electron chi connectivity index (χ2n) is 7.46. The Bertz CT molecular complexity index is 1220. The first-order valence-electron chi connectivity index (χ1n) is 9.44.